The number of fused-ring (bicyclic) bond motifs is 1. The number of hydrogen-bond acceptors (Lipinski definition) is 4. The minimum atomic E-state index is -0.418. The molecule has 0 unspecified atom stereocenters. The molecule has 3 aromatic rings. The third-order valence-corrected chi connectivity index (χ3v) is 3.54. The fraction of sp³-hybridized carbons (Fsp3) is 0.222. The number of nitrogens with zero attached hydrogens (tertiary/aromatic N) is 2. The van der Waals surface area contributed by atoms with E-state index >= 15 is 0 Å². The van der Waals surface area contributed by atoms with Gasteiger partial charge in [-0.3, -0.25) is 4.57 Å². The van der Waals surface area contributed by atoms with E-state index in [4.69, 9.17) is 22.1 Å². The number of para-hydroxylation sites is 1. The molecule has 2 aromatic carbocycles. The predicted molar refractivity (Wildman–Crippen MR) is 98.9 cm³/mol. The molecule has 0 fully saturated rings. The first kappa shape index (κ1) is 18.0. The molecule has 0 aliphatic carbocycles. The average Bonchev–Trinajstić information content (AvgIpc) is 2.57. The summed E-state index contributed by atoms with van der Waals surface area (Å²) in [5.41, 5.74) is 6.75. The standard InChI is InChI=1S/C14H10ClN3O.C4H10O/c15-9-6-7-11-12(8-9)18(14(19)17-13(11)16)10-4-2-1-3-5-10;1-3-5-4-2/h1-8H,(H2,16,17,19);3-4H2,1-2H3. The van der Waals surface area contributed by atoms with Crippen molar-refractivity contribution in [2.24, 2.45) is 0 Å². The Bertz CT molecular complexity index is 861. The van der Waals surface area contributed by atoms with Crippen molar-refractivity contribution in [2.75, 3.05) is 18.9 Å². The number of aromatic nitrogens is 2. The first-order valence-electron chi connectivity index (χ1n) is 7.69. The molecule has 5 nitrogen and oxygen atoms in total. The minimum Gasteiger partial charge on any atom is -0.383 e. The van der Waals surface area contributed by atoms with Crippen LogP contribution in [-0.4, -0.2) is 22.8 Å². The van der Waals surface area contributed by atoms with Crippen LogP contribution in [0.3, 0.4) is 0 Å². The SMILES string of the molecule is CCOCC.Nc1nc(=O)n(-c2ccccc2)c2cc(Cl)ccc12. The molecule has 0 saturated heterocycles. The van der Waals surface area contributed by atoms with E-state index in [-0.39, 0.29) is 5.82 Å². The minimum absolute atomic E-state index is 0.212. The fourth-order valence-electron chi connectivity index (χ4n) is 2.25. The maximum absolute atomic E-state index is 12.1. The Hall–Kier alpha value is -2.37. The zero-order valence-corrected chi connectivity index (χ0v) is 14.5. The fourth-order valence-corrected chi connectivity index (χ4v) is 2.42. The van der Waals surface area contributed by atoms with Gasteiger partial charge in [0.1, 0.15) is 5.82 Å². The van der Waals surface area contributed by atoms with Crippen molar-refractivity contribution in [2.45, 2.75) is 13.8 Å². The molecule has 0 amide bonds. The van der Waals surface area contributed by atoms with Gasteiger partial charge in [0, 0.05) is 23.6 Å². The molecule has 1 heterocycles. The molecule has 6 heteroatoms. The number of nitrogens with two attached hydrogens (primary N) is 1. The predicted octanol–water partition coefficient (Wildman–Crippen LogP) is 3.66. The molecule has 3 rings (SSSR count). The first-order valence-corrected chi connectivity index (χ1v) is 8.07. The van der Waals surface area contributed by atoms with Gasteiger partial charge in [-0.05, 0) is 44.2 Å². The molecule has 0 spiro atoms. The van der Waals surface area contributed by atoms with Crippen LogP contribution in [0.5, 0.6) is 0 Å². The summed E-state index contributed by atoms with van der Waals surface area (Å²) in [6, 6.07) is 14.5. The van der Waals surface area contributed by atoms with E-state index in [0.717, 1.165) is 18.9 Å². The van der Waals surface area contributed by atoms with Gasteiger partial charge in [0.05, 0.1) is 11.2 Å². The van der Waals surface area contributed by atoms with Gasteiger partial charge in [-0.2, -0.15) is 4.98 Å². The van der Waals surface area contributed by atoms with Crippen LogP contribution in [0.1, 0.15) is 13.8 Å². The Balaban J connectivity index is 0.000000368. The van der Waals surface area contributed by atoms with Crippen molar-refractivity contribution in [3.63, 3.8) is 0 Å². The molecule has 2 N–H and O–H groups in total. The van der Waals surface area contributed by atoms with Gasteiger partial charge in [-0.15, -0.1) is 0 Å². The van der Waals surface area contributed by atoms with Gasteiger partial charge in [-0.1, -0.05) is 29.8 Å². The highest BCUT2D eigenvalue weighted by Crippen LogP contribution is 2.23. The van der Waals surface area contributed by atoms with E-state index in [1.807, 2.05) is 44.2 Å². The summed E-state index contributed by atoms with van der Waals surface area (Å²) < 4.78 is 6.33. The van der Waals surface area contributed by atoms with Gasteiger partial charge < -0.3 is 10.5 Å². The lowest BCUT2D eigenvalue weighted by Gasteiger charge is -2.11. The Labute approximate surface area is 145 Å². The molecule has 0 aliphatic heterocycles. The van der Waals surface area contributed by atoms with Crippen LogP contribution < -0.4 is 11.4 Å². The van der Waals surface area contributed by atoms with Crippen molar-refractivity contribution < 1.29 is 4.74 Å². The summed E-state index contributed by atoms with van der Waals surface area (Å²) in [4.78, 5) is 15.9. The lowest BCUT2D eigenvalue weighted by Crippen LogP contribution is -2.23. The van der Waals surface area contributed by atoms with Crippen molar-refractivity contribution in [3.8, 4) is 5.69 Å². The maximum atomic E-state index is 12.1. The van der Waals surface area contributed by atoms with Crippen LogP contribution in [0, 0.1) is 0 Å². The van der Waals surface area contributed by atoms with E-state index in [1.165, 1.54) is 4.57 Å². The number of benzene rings is 2. The third kappa shape index (κ3) is 4.13. The van der Waals surface area contributed by atoms with E-state index in [2.05, 4.69) is 4.98 Å². The number of rotatable bonds is 3. The molecule has 0 bridgehead atoms. The molecule has 126 valence electrons. The molecule has 1 aromatic heterocycles. The van der Waals surface area contributed by atoms with Crippen molar-refractivity contribution in [3.05, 3.63) is 64.0 Å². The van der Waals surface area contributed by atoms with Crippen LogP contribution in [0.15, 0.2) is 53.3 Å². The van der Waals surface area contributed by atoms with Gasteiger partial charge in [0.2, 0.25) is 0 Å². The smallest absolute Gasteiger partial charge is 0.354 e. The monoisotopic (exact) mass is 345 g/mol. The number of ether oxygens (including phenoxy) is 1. The topological polar surface area (TPSA) is 70.1 Å². The highest BCUT2D eigenvalue weighted by Gasteiger charge is 2.10. The van der Waals surface area contributed by atoms with Crippen LogP contribution >= 0.6 is 11.6 Å². The highest BCUT2D eigenvalue weighted by molar-refractivity contribution is 6.31. The summed E-state index contributed by atoms with van der Waals surface area (Å²) in [5.74, 6) is 0.212. The third-order valence-electron chi connectivity index (χ3n) is 3.31. The van der Waals surface area contributed by atoms with E-state index < -0.39 is 5.69 Å². The van der Waals surface area contributed by atoms with Crippen LogP contribution in [0.2, 0.25) is 5.02 Å². The van der Waals surface area contributed by atoms with Crippen molar-refractivity contribution in [1.29, 1.82) is 0 Å². The van der Waals surface area contributed by atoms with E-state index in [9.17, 15) is 4.79 Å². The highest BCUT2D eigenvalue weighted by atomic mass is 35.5. The van der Waals surface area contributed by atoms with E-state index in [1.54, 1.807) is 18.2 Å². The van der Waals surface area contributed by atoms with E-state index in [0.29, 0.717) is 15.9 Å². The Morgan fingerprint density at radius 1 is 1.12 bits per heavy atom. The lowest BCUT2D eigenvalue weighted by atomic mass is 10.2. The van der Waals surface area contributed by atoms with Crippen LogP contribution in [-0.2, 0) is 4.74 Å². The first-order chi connectivity index (χ1) is 11.6. The zero-order valence-electron chi connectivity index (χ0n) is 13.7. The van der Waals surface area contributed by atoms with Gasteiger partial charge in [0.25, 0.3) is 0 Å². The average molecular weight is 346 g/mol. The molecule has 0 radical (unpaired) electrons. The zero-order chi connectivity index (χ0) is 17.5. The maximum Gasteiger partial charge on any atom is 0.354 e. The second-order valence-corrected chi connectivity index (χ2v) is 5.33. The van der Waals surface area contributed by atoms with Gasteiger partial charge in [0.15, 0.2) is 0 Å². The van der Waals surface area contributed by atoms with Gasteiger partial charge >= 0.3 is 5.69 Å². The molecular weight excluding hydrogens is 326 g/mol. The van der Waals surface area contributed by atoms with Crippen molar-refractivity contribution in [1.82, 2.24) is 9.55 Å². The van der Waals surface area contributed by atoms with Gasteiger partial charge in [-0.25, -0.2) is 4.79 Å². The lowest BCUT2D eigenvalue weighted by molar-refractivity contribution is 0.162. The molecular formula is C18H20ClN3O2. The Morgan fingerprint density at radius 2 is 1.79 bits per heavy atom. The Morgan fingerprint density at radius 3 is 2.38 bits per heavy atom. The normalized spacial score (nSPS) is 10.3. The second-order valence-electron chi connectivity index (χ2n) is 4.89. The summed E-state index contributed by atoms with van der Waals surface area (Å²) in [5, 5.41) is 1.25. The quantitative estimate of drug-likeness (QED) is 0.786. The Kier molecular flexibility index (Phi) is 6.35. The molecule has 0 saturated carbocycles. The van der Waals surface area contributed by atoms with Crippen LogP contribution in [0.4, 0.5) is 5.82 Å². The number of halogens is 1. The summed E-state index contributed by atoms with van der Waals surface area (Å²) in [6.07, 6.45) is 0. The number of hydrogen-bond donors (Lipinski definition) is 1. The number of anilines is 1. The summed E-state index contributed by atoms with van der Waals surface area (Å²) in [6.45, 7) is 5.67. The number of nitrogen functional groups attached to an aromatic ring is 1. The summed E-state index contributed by atoms with van der Waals surface area (Å²) in [7, 11) is 0. The largest absolute Gasteiger partial charge is 0.383 e. The molecule has 0 atom stereocenters. The van der Waals surface area contributed by atoms with Crippen LogP contribution in [0.25, 0.3) is 16.6 Å². The molecule has 0 aliphatic rings. The summed E-state index contributed by atoms with van der Waals surface area (Å²) >= 11 is 6.01. The van der Waals surface area contributed by atoms with Crippen molar-refractivity contribution >= 4 is 28.3 Å². The second kappa shape index (κ2) is 8.47. The molecule has 24 heavy (non-hydrogen) atoms.